The van der Waals surface area contributed by atoms with Gasteiger partial charge in [0.1, 0.15) is 12.4 Å². The Hall–Kier alpha value is -3.20. The van der Waals surface area contributed by atoms with Gasteiger partial charge in [0.15, 0.2) is 0 Å². The monoisotopic (exact) mass is 454 g/mol. The summed E-state index contributed by atoms with van der Waals surface area (Å²) in [6, 6.07) is 16.7. The fourth-order valence-electron chi connectivity index (χ4n) is 2.55. The molecule has 0 atom stereocenters. The van der Waals surface area contributed by atoms with Crippen molar-refractivity contribution in [3.05, 3.63) is 65.3 Å². The van der Waals surface area contributed by atoms with E-state index in [2.05, 4.69) is 10.4 Å². The third-order valence-corrected chi connectivity index (χ3v) is 3.97. The van der Waals surface area contributed by atoms with E-state index in [9.17, 15) is 18.0 Å². The molecule has 0 saturated heterocycles. The molecule has 0 fully saturated rings. The molecule has 1 heterocycles. The van der Waals surface area contributed by atoms with Crippen molar-refractivity contribution in [2.75, 3.05) is 13.2 Å². The number of hydrogen-bond acceptors (Lipinski definition) is 3. The Kier molecular flexibility index (Phi) is 8.32. The van der Waals surface area contributed by atoms with Crippen molar-refractivity contribution >= 4 is 17.6 Å². The highest BCUT2D eigenvalue weighted by Gasteiger charge is 2.15. The van der Waals surface area contributed by atoms with E-state index in [0.29, 0.717) is 23.9 Å². The highest BCUT2D eigenvalue weighted by atomic mass is 35.5. The van der Waals surface area contributed by atoms with Crippen LogP contribution in [-0.2, 0) is 0 Å². The molecule has 0 radical (unpaired) electrons. The fourth-order valence-corrected chi connectivity index (χ4v) is 2.68. The van der Waals surface area contributed by atoms with Gasteiger partial charge in [0, 0.05) is 17.5 Å². The summed E-state index contributed by atoms with van der Waals surface area (Å²) in [5, 5.41) is 7.74. The number of nitrogens with two attached hydrogens (primary N) is 1. The molecule has 31 heavy (non-hydrogen) atoms. The van der Waals surface area contributed by atoms with Crippen molar-refractivity contribution in [1.29, 1.82) is 0 Å². The van der Waals surface area contributed by atoms with Crippen molar-refractivity contribution in [2.24, 2.45) is 5.73 Å². The normalized spacial score (nSPS) is 10.8. The van der Waals surface area contributed by atoms with E-state index in [4.69, 9.17) is 22.1 Å². The summed E-state index contributed by atoms with van der Waals surface area (Å²) in [5.41, 5.74) is 8.87. The number of ether oxygens (including phenoxy) is 1. The minimum absolute atomic E-state index is 0.188. The standard InChI is InChI=1S/C19H19ClN4O2.C2H3F3/c1-13-12-18(24(23-13)16-6-4-15(20)5-7-16)14-2-8-17(9-3-14)26-11-10-22-19(21)25;1-2(3,4)5/h2-9,12H,10-11H2,1H3,(H3,21,22,25);1H3. The molecule has 3 N–H and O–H groups in total. The second kappa shape index (κ2) is 10.7. The van der Waals surface area contributed by atoms with Gasteiger partial charge < -0.3 is 15.8 Å². The van der Waals surface area contributed by atoms with Crippen LogP contribution in [-0.4, -0.2) is 35.1 Å². The number of urea groups is 1. The van der Waals surface area contributed by atoms with Gasteiger partial charge in [-0.15, -0.1) is 0 Å². The van der Waals surface area contributed by atoms with Crippen LogP contribution in [0.3, 0.4) is 0 Å². The third kappa shape index (κ3) is 8.59. The number of halogens is 4. The van der Waals surface area contributed by atoms with Crippen molar-refractivity contribution in [1.82, 2.24) is 15.1 Å². The summed E-state index contributed by atoms with van der Waals surface area (Å²) in [7, 11) is 0. The number of nitrogens with one attached hydrogen (secondary N) is 1. The van der Waals surface area contributed by atoms with E-state index in [-0.39, 0.29) is 6.92 Å². The van der Waals surface area contributed by atoms with E-state index in [1.165, 1.54) is 0 Å². The molecule has 3 rings (SSSR count). The van der Waals surface area contributed by atoms with Gasteiger partial charge in [-0.05, 0) is 61.5 Å². The van der Waals surface area contributed by atoms with Crippen molar-refractivity contribution < 1.29 is 22.7 Å². The van der Waals surface area contributed by atoms with Crippen LogP contribution in [0.1, 0.15) is 12.6 Å². The second-order valence-corrected chi connectivity index (χ2v) is 6.94. The minimum Gasteiger partial charge on any atom is -0.492 e. The number of amides is 2. The number of carbonyl (C=O) groups excluding carboxylic acids is 1. The first-order valence-electron chi connectivity index (χ1n) is 9.19. The molecule has 2 amide bonds. The average Bonchev–Trinajstić information content (AvgIpc) is 3.06. The molecular weight excluding hydrogens is 433 g/mol. The maximum atomic E-state index is 10.6. The van der Waals surface area contributed by atoms with Crippen molar-refractivity contribution in [3.63, 3.8) is 0 Å². The van der Waals surface area contributed by atoms with Crippen LogP contribution in [0.4, 0.5) is 18.0 Å². The van der Waals surface area contributed by atoms with Crippen molar-refractivity contribution in [3.8, 4) is 22.7 Å². The smallest absolute Gasteiger partial charge is 0.386 e. The second-order valence-electron chi connectivity index (χ2n) is 6.50. The van der Waals surface area contributed by atoms with Gasteiger partial charge in [0.05, 0.1) is 23.6 Å². The van der Waals surface area contributed by atoms with Crippen LogP contribution in [0, 0.1) is 6.92 Å². The van der Waals surface area contributed by atoms with E-state index >= 15 is 0 Å². The topological polar surface area (TPSA) is 82.2 Å². The molecule has 0 aliphatic carbocycles. The Labute approximate surface area is 182 Å². The summed E-state index contributed by atoms with van der Waals surface area (Å²) in [6.45, 7) is 2.86. The Morgan fingerprint density at radius 3 is 2.29 bits per heavy atom. The first-order chi connectivity index (χ1) is 14.5. The van der Waals surface area contributed by atoms with Crippen LogP contribution in [0.15, 0.2) is 54.6 Å². The molecule has 3 aromatic rings. The lowest BCUT2D eigenvalue weighted by atomic mass is 10.1. The molecule has 0 aliphatic rings. The Morgan fingerprint density at radius 1 is 1.16 bits per heavy atom. The van der Waals surface area contributed by atoms with Crippen LogP contribution >= 0.6 is 11.6 Å². The maximum absolute atomic E-state index is 10.6. The summed E-state index contributed by atoms with van der Waals surface area (Å²) >= 11 is 5.97. The summed E-state index contributed by atoms with van der Waals surface area (Å²) < 4.78 is 38.5. The number of aryl methyl sites for hydroxylation is 1. The maximum Gasteiger partial charge on any atom is 0.386 e. The zero-order valence-corrected chi connectivity index (χ0v) is 17.7. The lowest BCUT2D eigenvalue weighted by Gasteiger charge is -2.10. The predicted molar refractivity (Wildman–Crippen MR) is 114 cm³/mol. The van der Waals surface area contributed by atoms with Crippen molar-refractivity contribution in [2.45, 2.75) is 20.0 Å². The lowest BCUT2D eigenvalue weighted by molar-refractivity contribution is -0.110. The summed E-state index contributed by atoms with van der Waals surface area (Å²) in [4.78, 5) is 10.6. The minimum atomic E-state index is -4.00. The number of carbonyl (C=O) groups is 1. The van der Waals surface area contributed by atoms with E-state index in [0.717, 1.165) is 22.6 Å². The van der Waals surface area contributed by atoms with Gasteiger partial charge >= 0.3 is 12.2 Å². The van der Waals surface area contributed by atoms with Crippen LogP contribution in [0.2, 0.25) is 5.02 Å². The molecule has 10 heteroatoms. The van der Waals surface area contributed by atoms with Crippen LogP contribution < -0.4 is 15.8 Å². The number of rotatable bonds is 6. The Balaban J connectivity index is 0.000000614. The van der Waals surface area contributed by atoms with Crippen LogP contribution in [0.5, 0.6) is 5.75 Å². The van der Waals surface area contributed by atoms with Gasteiger partial charge in [-0.1, -0.05) is 11.6 Å². The van der Waals surface area contributed by atoms with Gasteiger partial charge in [-0.25, -0.2) is 9.48 Å². The molecule has 0 aliphatic heterocycles. The number of primary amides is 1. The van der Waals surface area contributed by atoms with E-state index in [1.54, 1.807) is 0 Å². The largest absolute Gasteiger partial charge is 0.492 e. The molecule has 1 aromatic heterocycles. The van der Waals surface area contributed by atoms with E-state index in [1.807, 2.05) is 66.2 Å². The number of alkyl halides is 3. The third-order valence-electron chi connectivity index (χ3n) is 3.72. The van der Waals surface area contributed by atoms with E-state index < -0.39 is 12.2 Å². The SMILES string of the molecule is CC(F)(F)F.Cc1cc(-c2ccc(OCCNC(N)=O)cc2)n(-c2ccc(Cl)cc2)n1. The zero-order chi connectivity index (χ0) is 23.0. The first-order valence-corrected chi connectivity index (χ1v) is 9.56. The summed E-state index contributed by atoms with van der Waals surface area (Å²) in [6.07, 6.45) is -4.00. The summed E-state index contributed by atoms with van der Waals surface area (Å²) in [5.74, 6) is 0.717. The first kappa shape index (κ1) is 24.1. The predicted octanol–water partition coefficient (Wildman–Crippen LogP) is 5.12. The molecule has 0 unspecified atom stereocenters. The van der Waals surface area contributed by atoms with Gasteiger partial charge in [0.25, 0.3) is 0 Å². The zero-order valence-electron chi connectivity index (χ0n) is 16.9. The Bertz CT molecular complexity index is 981. The van der Waals surface area contributed by atoms with Crippen LogP contribution in [0.25, 0.3) is 16.9 Å². The molecule has 2 aromatic carbocycles. The highest BCUT2D eigenvalue weighted by Crippen LogP contribution is 2.26. The average molecular weight is 455 g/mol. The number of nitrogens with zero attached hydrogens (tertiary/aromatic N) is 2. The quantitative estimate of drug-likeness (QED) is 0.507. The molecule has 6 nitrogen and oxygen atoms in total. The number of aromatic nitrogens is 2. The highest BCUT2D eigenvalue weighted by molar-refractivity contribution is 6.30. The lowest BCUT2D eigenvalue weighted by Crippen LogP contribution is -2.32. The molecule has 0 saturated carbocycles. The number of benzene rings is 2. The number of hydrogen-bond donors (Lipinski definition) is 2. The molecule has 0 bridgehead atoms. The fraction of sp³-hybridized carbons (Fsp3) is 0.238. The Morgan fingerprint density at radius 2 is 1.74 bits per heavy atom. The molecule has 166 valence electrons. The van der Waals surface area contributed by atoms with Gasteiger partial charge in [-0.3, -0.25) is 0 Å². The molecule has 0 spiro atoms. The van der Waals surface area contributed by atoms with Gasteiger partial charge in [0.2, 0.25) is 0 Å². The molecular formula is C21H22ClF3N4O2. The van der Waals surface area contributed by atoms with Gasteiger partial charge in [-0.2, -0.15) is 18.3 Å².